The van der Waals surface area contributed by atoms with Crippen LogP contribution in [0, 0.1) is 5.82 Å². The average Bonchev–Trinajstić information content (AvgIpc) is 2.69. The lowest BCUT2D eigenvalue weighted by Crippen LogP contribution is -2.14. The summed E-state index contributed by atoms with van der Waals surface area (Å²) in [5, 5.41) is 14.4. The number of hydrogen-bond acceptors (Lipinski definition) is 5. The van der Waals surface area contributed by atoms with Crippen LogP contribution in [0.25, 0.3) is 0 Å². The number of halogens is 1. The number of ether oxygens (including phenoxy) is 1. The van der Waals surface area contributed by atoms with Crippen molar-refractivity contribution in [3.05, 3.63) is 89.5 Å². The smallest absolute Gasteiger partial charge is 0.259 e. The van der Waals surface area contributed by atoms with Gasteiger partial charge < -0.3 is 15.3 Å². The van der Waals surface area contributed by atoms with E-state index in [0.29, 0.717) is 17.0 Å². The Hall–Kier alpha value is -3.74. The molecule has 2 aromatic carbocycles. The maximum atomic E-state index is 13.0. The van der Waals surface area contributed by atoms with Gasteiger partial charge in [0.15, 0.2) is 0 Å². The summed E-state index contributed by atoms with van der Waals surface area (Å²) in [4.78, 5) is 16.6. The fraction of sp³-hybridized carbons (Fsp3) is 0.0500. The molecule has 1 aromatic heterocycles. The molecule has 0 fully saturated rings. The molecule has 0 saturated carbocycles. The first-order chi connectivity index (χ1) is 13.2. The second kappa shape index (κ2) is 8.57. The van der Waals surface area contributed by atoms with Gasteiger partial charge in [0.05, 0.1) is 23.7 Å². The number of carbonyl (C=O) groups is 1. The molecule has 136 valence electrons. The molecule has 0 aliphatic carbocycles. The van der Waals surface area contributed by atoms with E-state index in [1.54, 1.807) is 48.7 Å². The zero-order chi connectivity index (χ0) is 19.1. The molecule has 0 spiro atoms. The van der Waals surface area contributed by atoms with Crippen LogP contribution in [-0.2, 0) is 6.61 Å². The molecule has 27 heavy (non-hydrogen) atoms. The maximum absolute atomic E-state index is 13.0. The SMILES string of the molecule is O=C(Nc1cccnc1)c1cc(/C=N/O)ccc1OCc1ccc(F)cc1. The first kappa shape index (κ1) is 18.1. The van der Waals surface area contributed by atoms with Gasteiger partial charge in [0.1, 0.15) is 18.2 Å². The van der Waals surface area contributed by atoms with Crippen LogP contribution in [0.3, 0.4) is 0 Å². The molecule has 2 N–H and O–H groups in total. The predicted molar refractivity (Wildman–Crippen MR) is 98.7 cm³/mol. The lowest BCUT2D eigenvalue weighted by atomic mass is 10.1. The average molecular weight is 365 g/mol. The first-order valence-electron chi connectivity index (χ1n) is 8.06. The monoisotopic (exact) mass is 365 g/mol. The molecular weight excluding hydrogens is 349 g/mol. The number of amides is 1. The Morgan fingerprint density at radius 1 is 1.22 bits per heavy atom. The third-order valence-electron chi connectivity index (χ3n) is 3.68. The van der Waals surface area contributed by atoms with Crippen LogP contribution in [-0.4, -0.2) is 22.3 Å². The van der Waals surface area contributed by atoms with Gasteiger partial charge in [-0.15, -0.1) is 0 Å². The largest absolute Gasteiger partial charge is 0.488 e. The Balaban J connectivity index is 1.83. The second-order valence-corrected chi connectivity index (χ2v) is 5.61. The Morgan fingerprint density at radius 2 is 2.04 bits per heavy atom. The molecule has 6 nitrogen and oxygen atoms in total. The number of nitrogens with zero attached hydrogens (tertiary/aromatic N) is 2. The van der Waals surface area contributed by atoms with Crippen molar-refractivity contribution in [1.29, 1.82) is 0 Å². The summed E-state index contributed by atoms with van der Waals surface area (Å²) in [6, 6.07) is 14.1. The Labute approximate surface area is 154 Å². The van der Waals surface area contributed by atoms with E-state index < -0.39 is 5.91 Å². The van der Waals surface area contributed by atoms with E-state index in [-0.39, 0.29) is 18.0 Å². The first-order valence-corrected chi connectivity index (χ1v) is 8.06. The van der Waals surface area contributed by atoms with Crippen LogP contribution in [0.1, 0.15) is 21.5 Å². The summed E-state index contributed by atoms with van der Waals surface area (Å²) >= 11 is 0. The minimum Gasteiger partial charge on any atom is -0.488 e. The van der Waals surface area contributed by atoms with Gasteiger partial charge in [-0.25, -0.2) is 4.39 Å². The van der Waals surface area contributed by atoms with E-state index >= 15 is 0 Å². The molecule has 1 heterocycles. The number of nitrogens with one attached hydrogen (secondary N) is 1. The number of benzene rings is 2. The van der Waals surface area contributed by atoms with Gasteiger partial charge in [-0.3, -0.25) is 9.78 Å². The summed E-state index contributed by atoms with van der Waals surface area (Å²) in [5.41, 5.74) is 2.09. The van der Waals surface area contributed by atoms with Gasteiger partial charge >= 0.3 is 0 Å². The van der Waals surface area contributed by atoms with Gasteiger partial charge in [0.25, 0.3) is 5.91 Å². The van der Waals surface area contributed by atoms with Gasteiger partial charge in [-0.2, -0.15) is 0 Å². The van der Waals surface area contributed by atoms with E-state index in [1.807, 2.05) is 0 Å². The van der Waals surface area contributed by atoms with Crippen molar-refractivity contribution >= 4 is 17.8 Å². The highest BCUT2D eigenvalue weighted by Crippen LogP contribution is 2.22. The van der Waals surface area contributed by atoms with E-state index in [1.165, 1.54) is 24.5 Å². The van der Waals surface area contributed by atoms with Crippen molar-refractivity contribution in [2.75, 3.05) is 5.32 Å². The fourth-order valence-corrected chi connectivity index (χ4v) is 2.37. The Bertz CT molecular complexity index is 944. The Morgan fingerprint density at radius 3 is 2.74 bits per heavy atom. The molecule has 0 unspecified atom stereocenters. The van der Waals surface area contributed by atoms with Crippen LogP contribution >= 0.6 is 0 Å². The van der Waals surface area contributed by atoms with Crippen molar-refractivity contribution in [3.63, 3.8) is 0 Å². The van der Waals surface area contributed by atoms with E-state index in [9.17, 15) is 9.18 Å². The predicted octanol–water partition coefficient (Wildman–Crippen LogP) is 3.86. The number of pyridine rings is 1. The van der Waals surface area contributed by atoms with Gasteiger partial charge in [-0.05, 0) is 53.6 Å². The number of rotatable bonds is 6. The zero-order valence-electron chi connectivity index (χ0n) is 14.2. The summed E-state index contributed by atoms with van der Waals surface area (Å²) in [7, 11) is 0. The molecule has 7 heteroatoms. The quantitative estimate of drug-likeness (QED) is 0.395. The fourth-order valence-electron chi connectivity index (χ4n) is 2.37. The van der Waals surface area contributed by atoms with Crippen molar-refractivity contribution in [2.45, 2.75) is 6.61 Å². The molecule has 3 rings (SSSR count). The van der Waals surface area contributed by atoms with E-state index in [4.69, 9.17) is 9.94 Å². The van der Waals surface area contributed by atoms with E-state index in [2.05, 4.69) is 15.5 Å². The highest BCUT2D eigenvalue weighted by atomic mass is 19.1. The number of oxime groups is 1. The lowest BCUT2D eigenvalue weighted by molar-refractivity contribution is 0.102. The third-order valence-corrected chi connectivity index (χ3v) is 3.68. The number of carbonyl (C=O) groups excluding carboxylic acids is 1. The van der Waals surface area contributed by atoms with Crippen LogP contribution < -0.4 is 10.1 Å². The molecule has 0 atom stereocenters. The molecule has 0 aliphatic rings. The number of aromatic nitrogens is 1. The maximum Gasteiger partial charge on any atom is 0.259 e. The van der Waals surface area contributed by atoms with Crippen LogP contribution in [0.2, 0.25) is 0 Å². The molecule has 0 bridgehead atoms. The number of anilines is 1. The highest BCUT2D eigenvalue weighted by Gasteiger charge is 2.14. The minimum absolute atomic E-state index is 0.168. The van der Waals surface area contributed by atoms with Crippen molar-refractivity contribution in [3.8, 4) is 5.75 Å². The van der Waals surface area contributed by atoms with Crippen molar-refractivity contribution in [2.24, 2.45) is 5.16 Å². The standard InChI is InChI=1S/C20H16FN3O3/c21-16-6-3-14(4-7-16)13-27-19-8-5-15(11-23-26)10-18(19)20(25)24-17-2-1-9-22-12-17/h1-12,26H,13H2,(H,24,25)/b23-11+. The second-order valence-electron chi connectivity index (χ2n) is 5.61. The van der Waals surface area contributed by atoms with Gasteiger partial charge in [0, 0.05) is 6.20 Å². The van der Waals surface area contributed by atoms with Crippen LogP contribution in [0.4, 0.5) is 10.1 Å². The molecular formula is C20H16FN3O3. The molecule has 0 aliphatic heterocycles. The minimum atomic E-state index is -0.398. The Kier molecular flexibility index (Phi) is 5.73. The number of hydrogen-bond donors (Lipinski definition) is 2. The normalized spacial score (nSPS) is 10.7. The summed E-state index contributed by atoms with van der Waals surface area (Å²) < 4.78 is 18.8. The van der Waals surface area contributed by atoms with E-state index in [0.717, 1.165) is 5.56 Å². The third kappa shape index (κ3) is 4.88. The van der Waals surface area contributed by atoms with Crippen LogP contribution in [0.15, 0.2) is 72.1 Å². The molecule has 0 saturated heterocycles. The van der Waals surface area contributed by atoms with Gasteiger partial charge in [0.2, 0.25) is 0 Å². The molecule has 1 amide bonds. The topological polar surface area (TPSA) is 83.8 Å². The van der Waals surface area contributed by atoms with Crippen molar-refractivity contribution in [1.82, 2.24) is 4.98 Å². The molecule has 3 aromatic rings. The zero-order valence-corrected chi connectivity index (χ0v) is 14.2. The summed E-state index contributed by atoms with van der Waals surface area (Å²) in [5.74, 6) is -0.385. The summed E-state index contributed by atoms with van der Waals surface area (Å²) in [6.07, 6.45) is 4.34. The van der Waals surface area contributed by atoms with Crippen LogP contribution in [0.5, 0.6) is 5.75 Å². The van der Waals surface area contributed by atoms with Crippen molar-refractivity contribution < 1.29 is 19.1 Å². The summed E-state index contributed by atoms with van der Waals surface area (Å²) in [6.45, 7) is 0.168. The van der Waals surface area contributed by atoms with Gasteiger partial charge in [-0.1, -0.05) is 17.3 Å². The lowest BCUT2D eigenvalue weighted by Gasteiger charge is -2.13. The highest BCUT2D eigenvalue weighted by molar-refractivity contribution is 6.07. The molecule has 0 radical (unpaired) electrons.